The van der Waals surface area contributed by atoms with E-state index in [1.54, 1.807) is 0 Å². The first-order valence-corrected chi connectivity index (χ1v) is 5.02. The minimum atomic E-state index is -0.283. The standard InChI is InChI=1S/C9H15N5O/c10-6-1-3-14(4-2-6)8-7(11)9(15)13-5-12-8/h5-6H,1-4,10-11H2,(H,12,13,15). The molecule has 5 N–H and O–H groups in total. The van der Waals surface area contributed by atoms with E-state index in [1.807, 2.05) is 4.90 Å². The fourth-order valence-corrected chi connectivity index (χ4v) is 1.76. The molecule has 0 unspecified atom stereocenters. The van der Waals surface area contributed by atoms with Crippen molar-refractivity contribution in [2.24, 2.45) is 5.73 Å². The van der Waals surface area contributed by atoms with Crippen molar-refractivity contribution in [1.29, 1.82) is 0 Å². The van der Waals surface area contributed by atoms with Gasteiger partial charge in [-0.3, -0.25) is 4.79 Å². The summed E-state index contributed by atoms with van der Waals surface area (Å²) in [5, 5.41) is 0. The summed E-state index contributed by atoms with van der Waals surface area (Å²) >= 11 is 0. The number of nitrogens with two attached hydrogens (primary N) is 2. The normalized spacial score (nSPS) is 18.1. The molecule has 0 bridgehead atoms. The Kier molecular flexibility index (Phi) is 2.59. The fourth-order valence-electron chi connectivity index (χ4n) is 1.76. The molecule has 82 valence electrons. The van der Waals surface area contributed by atoms with E-state index in [1.165, 1.54) is 6.33 Å². The van der Waals surface area contributed by atoms with E-state index >= 15 is 0 Å². The third kappa shape index (κ3) is 1.94. The van der Waals surface area contributed by atoms with Crippen molar-refractivity contribution in [3.63, 3.8) is 0 Å². The quantitative estimate of drug-likeness (QED) is 0.566. The van der Waals surface area contributed by atoms with Crippen LogP contribution in [0.5, 0.6) is 0 Å². The lowest BCUT2D eigenvalue weighted by atomic mass is 10.1. The van der Waals surface area contributed by atoms with Gasteiger partial charge in [0, 0.05) is 19.1 Å². The molecule has 0 atom stereocenters. The first-order valence-electron chi connectivity index (χ1n) is 5.02. The van der Waals surface area contributed by atoms with Crippen LogP contribution in [0.2, 0.25) is 0 Å². The number of aromatic nitrogens is 2. The van der Waals surface area contributed by atoms with Gasteiger partial charge in [-0.1, -0.05) is 0 Å². The van der Waals surface area contributed by atoms with Gasteiger partial charge in [0.15, 0.2) is 5.82 Å². The lowest BCUT2D eigenvalue weighted by Crippen LogP contribution is -2.41. The van der Waals surface area contributed by atoms with Crippen LogP contribution in [0.3, 0.4) is 0 Å². The Labute approximate surface area is 87.3 Å². The lowest BCUT2D eigenvalue weighted by molar-refractivity contribution is 0.498. The maximum atomic E-state index is 11.3. The van der Waals surface area contributed by atoms with Gasteiger partial charge in [0.1, 0.15) is 5.69 Å². The molecular formula is C9H15N5O. The van der Waals surface area contributed by atoms with E-state index in [0.29, 0.717) is 5.82 Å². The summed E-state index contributed by atoms with van der Waals surface area (Å²) in [4.78, 5) is 19.8. The van der Waals surface area contributed by atoms with E-state index in [4.69, 9.17) is 11.5 Å². The Morgan fingerprint density at radius 1 is 1.47 bits per heavy atom. The number of rotatable bonds is 1. The molecule has 0 aromatic carbocycles. The Morgan fingerprint density at radius 3 is 2.80 bits per heavy atom. The number of H-pyrrole nitrogens is 1. The zero-order chi connectivity index (χ0) is 10.8. The van der Waals surface area contributed by atoms with Crippen molar-refractivity contribution in [3.05, 3.63) is 16.7 Å². The van der Waals surface area contributed by atoms with Crippen molar-refractivity contribution in [2.75, 3.05) is 23.7 Å². The summed E-state index contributed by atoms with van der Waals surface area (Å²) in [5.41, 5.74) is 11.4. The van der Waals surface area contributed by atoms with Crippen LogP contribution in [-0.4, -0.2) is 29.1 Å². The van der Waals surface area contributed by atoms with Crippen LogP contribution in [0.15, 0.2) is 11.1 Å². The van der Waals surface area contributed by atoms with E-state index < -0.39 is 0 Å². The highest BCUT2D eigenvalue weighted by Gasteiger charge is 2.19. The largest absolute Gasteiger partial charge is 0.391 e. The van der Waals surface area contributed by atoms with Crippen molar-refractivity contribution in [3.8, 4) is 0 Å². The number of hydrogen-bond acceptors (Lipinski definition) is 5. The second kappa shape index (κ2) is 3.90. The molecule has 1 aliphatic heterocycles. The van der Waals surface area contributed by atoms with E-state index in [2.05, 4.69) is 9.97 Å². The molecule has 0 radical (unpaired) electrons. The van der Waals surface area contributed by atoms with Crippen LogP contribution in [0.4, 0.5) is 11.5 Å². The molecule has 2 heterocycles. The minimum Gasteiger partial charge on any atom is -0.391 e. The average Bonchev–Trinajstić information content (AvgIpc) is 2.24. The number of nitrogens with zero attached hydrogens (tertiary/aromatic N) is 2. The molecule has 0 aliphatic carbocycles. The summed E-state index contributed by atoms with van der Waals surface area (Å²) in [5.74, 6) is 0.575. The first-order chi connectivity index (χ1) is 7.18. The third-order valence-corrected chi connectivity index (χ3v) is 2.71. The topological polar surface area (TPSA) is 101 Å². The molecule has 1 aromatic rings. The second-order valence-electron chi connectivity index (χ2n) is 3.79. The highest BCUT2D eigenvalue weighted by molar-refractivity contribution is 5.60. The summed E-state index contributed by atoms with van der Waals surface area (Å²) < 4.78 is 0. The van der Waals surface area contributed by atoms with Gasteiger partial charge in [-0.25, -0.2) is 4.98 Å². The smallest absolute Gasteiger partial charge is 0.276 e. The van der Waals surface area contributed by atoms with Gasteiger partial charge in [-0.05, 0) is 12.8 Å². The zero-order valence-electron chi connectivity index (χ0n) is 8.44. The van der Waals surface area contributed by atoms with Crippen LogP contribution in [-0.2, 0) is 0 Å². The van der Waals surface area contributed by atoms with Crippen molar-refractivity contribution >= 4 is 11.5 Å². The average molecular weight is 209 g/mol. The number of piperidine rings is 1. The molecule has 1 aromatic heterocycles. The second-order valence-corrected chi connectivity index (χ2v) is 3.79. The van der Waals surface area contributed by atoms with Crippen LogP contribution in [0, 0.1) is 0 Å². The third-order valence-electron chi connectivity index (χ3n) is 2.71. The number of hydrogen-bond donors (Lipinski definition) is 3. The molecule has 1 aliphatic rings. The molecule has 0 amide bonds. The molecule has 2 rings (SSSR count). The monoisotopic (exact) mass is 209 g/mol. The van der Waals surface area contributed by atoms with Gasteiger partial charge in [0.05, 0.1) is 6.33 Å². The zero-order valence-corrected chi connectivity index (χ0v) is 8.44. The highest BCUT2D eigenvalue weighted by Crippen LogP contribution is 2.19. The van der Waals surface area contributed by atoms with Crippen LogP contribution < -0.4 is 21.9 Å². The molecular weight excluding hydrogens is 194 g/mol. The number of nitrogen functional groups attached to an aromatic ring is 1. The van der Waals surface area contributed by atoms with Gasteiger partial charge >= 0.3 is 0 Å². The highest BCUT2D eigenvalue weighted by atomic mass is 16.1. The molecule has 0 saturated carbocycles. The summed E-state index contributed by atoms with van der Waals surface area (Å²) in [7, 11) is 0. The molecule has 1 saturated heterocycles. The molecule has 1 fully saturated rings. The van der Waals surface area contributed by atoms with Gasteiger partial charge in [-0.15, -0.1) is 0 Å². The van der Waals surface area contributed by atoms with Crippen molar-refractivity contribution in [1.82, 2.24) is 9.97 Å². The molecule has 15 heavy (non-hydrogen) atoms. The predicted molar refractivity (Wildman–Crippen MR) is 58.7 cm³/mol. The number of nitrogens with one attached hydrogen (secondary N) is 1. The van der Waals surface area contributed by atoms with Crippen molar-refractivity contribution < 1.29 is 0 Å². The maximum absolute atomic E-state index is 11.3. The lowest BCUT2D eigenvalue weighted by Gasteiger charge is -2.31. The Bertz CT molecular complexity index is 394. The van der Waals surface area contributed by atoms with Gasteiger partial charge in [0.2, 0.25) is 0 Å². The minimum absolute atomic E-state index is 0.188. The Hall–Kier alpha value is -1.56. The van der Waals surface area contributed by atoms with Gasteiger partial charge in [0.25, 0.3) is 5.56 Å². The fraction of sp³-hybridized carbons (Fsp3) is 0.556. The van der Waals surface area contributed by atoms with E-state index in [0.717, 1.165) is 25.9 Å². The van der Waals surface area contributed by atoms with Crippen molar-refractivity contribution in [2.45, 2.75) is 18.9 Å². The SMILES string of the molecule is Nc1c(N2CCC(N)CC2)nc[nH]c1=O. The molecule has 0 spiro atoms. The van der Waals surface area contributed by atoms with Crippen LogP contribution >= 0.6 is 0 Å². The molecule has 6 heteroatoms. The molecule has 6 nitrogen and oxygen atoms in total. The summed E-state index contributed by atoms with van der Waals surface area (Å²) in [6, 6.07) is 0.254. The maximum Gasteiger partial charge on any atom is 0.276 e. The van der Waals surface area contributed by atoms with Crippen LogP contribution in [0.25, 0.3) is 0 Å². The van der Waals surface area contributed by atoms with Gasteiger partial charge < -0.3 is 21.4 Å². The van der Waals surface area contributed by atoms with E-state index in [-0.39, 0.29) is 17.3 Å². The Morgan fingerprint density at radius 2 is 2.13 bits per heavy atom. The first kappa shape index (κ1) is 9.97. The number of anilines is 2. The summed E-state index contributed by atoms with van der Waals surface area (Å²) in [6.45, 7) is 1.61. The van der Waals surface area contributed by atoms with Gasteiger partial charge in [-0.2, -0.15) is 0 Å². The predicted octanol–water partition coefficient (Wildman–Crippen LogP) is -0.720. The number of aromatic amines is 1. The van der Waals surface area contributed by atoms with E-state index in [9.17, 15) is 4.79 Å². The summed E-state index contributed by atoms with van der Waals surface area (Å²) in [6.07, 6.45) is 3.20. The van der Waals surface area contributed by atoms with Crippen LogP contribution in [0.1, 0.15) is 12.8 Å². The Balaban J connectivity index is 2.23.